The zero-order chi connectivity index (χ0) is 12.5. The highest BCUT2D eigenvalue weighted by Gasteiger charge is 2.23. The van der Waals surface area contributed by atoms with Gasteiger partial charge in [-0.3, -0.25) is 0 Å². The largest absolute Gasteiger partial charge is 0.307 e. The summed E-state index contributed by atoms with van der Waals surface area (Å²) in [5.74, 6) is 0. The number of halogens is 1. The van der Waals surface area contributed by atoms with Crippen LogP contribution in [0.1, 0.15) is 33.6 Å². The Labute approximate surface area is 116 Å². The van der Waals surface area contributed by atoms with E-state index in [0.717, 1.165) is 22.0 Å². The highest BCUT2D eigenvalue weighted by atomic mass is 35.5. The topological polar surface area (TPSA) is 24.9 Å². The third-order valence-corrected chi connectivity index (χ3v) is 4.93. The van der Waals surface area contributed by atoms with Gasteiger partial charge in [0.1, 0.15) is 5.01 Å². The molecule has 1 aromatic carbocycles. The molecule has 0 amide bonds. The summed E-state index contributed by atoms with van der Waals surface area (Å²) >= 11 is 8.10. The van der Waals surface area contributed by atoms with Crippen LogP contribution in [0.15, 0.2) is 24.3 Å². The molecule has 94 valence electrons. The first-order valence-electron chi connectivity index (χ1n) is 6.19. The first-order valence-corrected chi connectivity index (χ1v) is 7.39. The number of benzene rings is 1. The molecule has 2 aromatic rings. The van der Waals surface area contributed by atoms with E-state index >= 15 is 0 Å². The van der Waals surface area contributed by atoms with Crippen LogP contribution in [-0.4, -0.2) is 12.0 Å². The van der Waals surface area contributed by atoms with Crippen LogP contribution >= 0.6 is 22.9 Å². The van der Waals surface area contributed by atoms with Gasteiger partial charge in [-0.25, -0.2) is 4.98 Å². The van der Waals surface area contributed by atoms with Gasteiger partial charge in [0.25, 0.3) is 0 Å². The maximum Gasteiger partial charge on any atom is 0.115 e. The minimum absolute atomic E-state index is 0.106. The van der Waals surface area contributed by atoms with Gasteiger partial charge in [0.15, 0.2) is 0 Å². The normalized spacial score (nSPS) is 15.7. The van der Waals surface area contributed by atoms with Crippen LogP contribution in [0.25, 0.3) is 0 Å². The van der Waals surface area contributed by atoms with Gasteiger partial charge < -0.3 is 5.32 Å². The van der Waals surface area contributed by atoms with Gasteiger partial charge in [-0.1, -0.05) is 29.8 Å². The lowest BCUT2D eigenvalue weighted by molar-refractivity contribution is 0.683. The van der Waals surface area contributed by atoms with Crippen molar-refractivity contribution in [3.05, 3.63) is 50.4 Å². The van der Waals surface area contributed by atoms with Crippen LogP contribution in [0.3, 0.4) is 0 Å². The summed E-state index contributed by atoms with van der Waals surface area (Å²) in [6, 6.07) is 8.08. The molecule has 3 rings (SSSR count). The molecule has 1 N–H and O–H groups in total. The van der Waals surface area contributed by atoms with Crippen LogP contribution in [0, 0.1) is 0 Å². The van der Waals surface area contributed by atoms with Crippen molar-refractivity contribution < 1.29 is 0 Å². The van der Waals surface area contributed by atoms with E-state index in [1.165, 1.54) is 23.4 Å². The molecule has 0 aliphatic heterocycles. The Morgan fingerprint density at radius 2 is 2.17 bits per heavy atom. The number of aromatic nitrogens is 1. The zero-order valence-electron chi connectivity index (χ0n) is 10.2. The summed E-state index contributed by atoms with van der Waals surface area (Å²) in [5.41, 5.74) is 2.40. The first kappa shape index (κ1) is 12.2. The number of thiazole rings is 1. The van der Waals surface area contributed by atoms with Crippen LogP contribution in [0.5, 0.6) is 0 Å². The highest BCUT2D eigenvalue weighted by Crippen LogP contribution is 2.35. The summed E-state index contributed by atoms with van der Waals surface area (Å²) in [5, 5.41) is 5.26. The van der Waals surface area contributed by atoms with Gasteiger partial charge in [-0.2, -0.15) is 0 Å². The summed E-state index contributed by atoms with van der Waals surface area (Å²) in [6.07, 6.45) is 3.57. The molecule has 0 saturated carbocycles. The lowest BCUT2D eigenvalue weighted by atomic mass is 10.1. The Kier molecular flexibility index (Phi) is 3.37. The van der Waals surface area contributed by atoms with Crippen molar-refractivity contribution in [2.45, 2.75) is 25.3 Å². The maximum atomic E-state index is 6.28. The van der Waals surface area contributed by atoms with E-state index < -0.39 is 0 Å². The molecule has 2 nitrogen and oxygen atoms in total. The highest BCUT2D eigenvalue weighted by molar-refractivity contribution is 7.11. The van der Waals surface area contributed by atoms with Crippen molar-refractivity contribution in [2.24, 2.45) is 0 Å². The molecule has 0 saturated heterocycles. The van der Waals surface area contributed by atoms with Gasteiger partial charge in [0, 0.05) is 9.90 Å². The molecule has 1 atom stereocenters. The Morgan fingerprint density at radius 3 is 2.89 bits per heavy atom. The van der Waals surface area contributed by atoms with E-state index in [4.69, 9.17) is 16.6 Å². The number of rotatable bonds is 3. The van der Waals surface area contributed by atoms with E-state index in [0.29, 0.717) is 0 Å². The fourth-order valence-electron chi connectivity index (χ4n) is 2.46. The third kappa shape index (κ3) is 2.07. The fraction of sp³-hybridized carbons (Fsp3) is 0.357. The van der Waals surface area contributed by atoms with Crippen molar-refractivity contribution in [3.63, 3.8) is 0 Å². The van der Waals surface area contributed by atoms with E-state index in [1.54, 1.807) is 0 Å². The van der Waals surface area contributed by atoms with E-state index in [-0.39, 0.29) is 6.04 Å². The van der Waals surface area contributed by atoms with Gasteiger partial charge >= 0.3 is 0 Å². The van der Waals surface area contributed by atoms with Gasteiger partial charge in [-0.15, -0.1) is 11.3 Å². The number of fused-ring (bicyclic) bond motifs is 1. The van der Waals surface area contributed by atoms with E-state index in [2.05, 4.69) is 11.4 Å². The Hall–Kier alpha value is -0.900. The number of aryl methyl sites for hydroxylation is 2. The van der Waals surface area contributed by atoms with Gasteiger partial charge in [-0.05, 0) is 37.9 Å². The Balaban J connectivity index is 1.99. The molecule has 1 aromatic heterocycles. The second-order valence-electron chi connectivity index (χ2n) is 4.52. The minimum atomic E-state index is 0.106. The summed E-state index contributed by atoms with van der Waals surface area (Å²) in [4.78, 5) is 6.23. The summed E-state index contributed by atoms with van der Waals surface area (Å²) < 4.78 is 0. The fourth-order valence-corrected chi connectivity index (χ4v) is 3.98. The molecule has 1 aliphatic rings. The predicted octanol–water partition coefficient (Wildman–Crippen LogP) is 3.59. The first-order chi connectivity index (χ1) is 8.79. The minimum Gasteiger partial charge on any atom is -0.307 e. The average molecular weight is 279 g/mol. The molecule has 1 unspecified atom stereocenters. The Bertz CT molecular complexity index is 543. The molecular weight excluding hydrogens is 264 g/mol. The lowest BCUT2D eigenvalue weighted by Gasteiger charge is -2.15. The average Bonchev–Trinajstić information content (AvgIpc) is 2.93. The van der Waals surface area contributed by atoms with Crippen LogP contribution in [0.2, 0.25) is 5.02 Å². The molecule has 1 aliphatic carbocycles. The smallest absolute Gasteiger partial charge is 0.115 e. The summed E-state index contributed by atoms with van der Waals surface area (Å²) in [6.45, 7) is 0. The maximum absolute atomic E-state index is 6.28. The number of hydrogen-bond acceptors (Lipinski definition) is 3. The number of nitrogens with one attached hydrogen (secondary N) is 1. The standard InChI is InChI=1S/C14H15ClN2S/c1-16-13(9-5-2-3-6-10(9)15)14-17-11-7-4-8-12(11)18-14/h2-3,5-6,13,16H,4,7-8H2,1H3. The monoisotopic (exact) mass is 278 g/mol. The molecule has 0 radical (unpaired) electrons. The third-order valence-electron chi connectivity index (χ3n) is 3.36. The van der Waals surface area contributed by atoms with Crippen LogP contribution in [0.4, 0.5) is 0 Å². The molecule has 0 bridgehead atoms. The second kappa shape index (κ2) is 5.00. The molecular formula is C14H15ClN2S. The molecule has 1 heterocycles. The molecule has 18 heavy (non-hydrogen) atoms. The molecule has 0 fully saturated rings. The van der Waals surface area contributed by atoms with Crippen LogP contribution < -0.4 is 5.32 Å². The van der Waals surface area contributed by atoms with Crippen molar-refractivity contribution in [2.75, 3.05) is 7.05 Å². The number of nitrogens with zero attached hydrogens (tertiary/aromatic N) is 1. The predicted molar refractivity (Wildman–Crippen MR) is 76.5 cm³/mol. The second-order valence-corrected chi connectivity index (χ2v) is 6.04. The van der Waals surface area contributed by atoms with Crippen molar-refractivity contribution in [1.82, 2.24) is 10.3 Å². The van der Waals surface area contributed by atoms with Crippen LogP contribution in [-0.2, 0) is 12.8 Å². The molecule has 4 heteroatoms. The summed E-state index contributed by atoms with van der Waals surface area (Å²) in [7, 11) is 1.96. The van der Waals surface area contributed by atoms with Crippen molar-refractivity contribution in [1.29, 1.82) is 0 Å². The zero-order valence-corrected chi connectivity index (χ0v) is 11.8. The van der Waals surface area contributed by atoms with E-state index in [1.807, 2.05) is 36.6 Å². The van der Waals surface area contributed by atoms with E-state index in [9.17, 15) is 0 Å². The SMILES string of the molecule is CNC(c1nc2c(s1)CCC2)c1ccccc1Cl. The quantitative estimate of drug-likeness (QED) is 0.928. The number of hydrogen-bond donors (Lipinski definition) is 1. The lowest BCUT2D eigenvalue weighted by Crippen LogP contribution is -2.18. The Morgan fingerprint density at radius 1 is 1.33 bits per heavy atom. The van der Waals surface area contributed by atoms with Crippen molar-refractivity contribution in [3.8, 4) is 0 Å². The van der Waals surface area contributed by atoms with Crippen molar-refractivity contribution >= 4 is 22.9 Å². The van der Waals surface area contributed by atoms with Gasteiger partial charge in [0.05, 0.1) is 11.7 Å². The van der Waals surface area contributed by atoms with Gasteiger partial charge in [0.2, 0.25) is 0 Å². The molecule has 0 spiro atoms.